The Morgan fingerprint density at radius 2 is 0.933 bits per heavy atom. The minimum absolute atomic E-state index is 0.388. The van der Waals surface area contributed by atoms with Crippen LogP contribution in [0, 0.1) is 17.9 Å². The number of benzene rings is 11. The van der Waals surface area contributed by atoms with Crippen molar-refractivity contribution in [1.29, 1.82) is 5.26 Å². The minimum Gasteiger partial charge on any atom is -0.456 e. The monoisotopic (exact) mass is 988 g/mol. The molecule has 5 heterocycles. The van der Waals surface area contributed by atoms with Crippen LogP contribution < -0.4 is 0 Å². The molecule has 16 rings (SSSR count). The second-order valence-corrected chi connectivity index (χ2v) is 21.3. The van der Waals surface area contributed by atoms with Crippen LogP contribution in [0.4, 0.5) is 5.69 Å². The fourth-order valence-electron chi connectivity index (χ4n) is 12.3. The van der Waals surface area contributed by atoms with Crippen LogP contribution in [0.25, 0.3) is 155 Å². The molecule has 0 aliphatic heterocycles. The van der Waals surface area contributed by atoms with Gasteiger partial charge >= 0.3 is 0 Å². The summed E-state index contributed by atoms with van der Waals surface area (Å²) in [6, 6.07) is 79.5. The number of aromatic nitrogens is 2. The van der Waals surface area contributed by atoms with E-state index < -0.39 is 0 Å². The fourth-order valence-corrected chi connectivity index (χ4v) is 14.7. The van der Waals surface area contributed by atoms with Gasteiger partial charge in [0.15, 0.2) is 0 Å². The number of hydrogen-bond donors (Lipinski definition) is 0. The van der Waals surface area contributed by atoms with Crippen molar-refractivity contribution < 1.29 is 4.42 Å². The molecule has 0 unspecified atom stereocenters. The van der Waals surface area contributed by atoms with Gasteiger partial charge in [-0.05, 0) is 41.0 Å². The van der Waals surface area contributed by atoms with Gasteiger partial charge in [0.1, 0.15) is 17.2 Å². The van der Waals surface area contributed by atoms with E-state index in [-0.39, 0.29) is 0 Å². The van der Waals surface area contributed by atoms with Gasteiger partial charge in [-0.2, -0.15) is 5.26 Å². The maximum absolute atomic E-state index is 12.5. The summed E-state index contributed by atoms with van der Waals surface area (Å²) in [5, 5.41) is 23.4. The number of furan rings is 1. The van der Waals surface area contributed by atoms with Gasteiger partial charge in [0.2, 0.25) is 5.69 Å². The van der Waals surface area contributed by atoms with E-state index in [4.69, 9.17) is 9.26 Å². The smallest absolute Gasteiger partial charge is 0.221 e. The summed E-state index contributed by atoms with van der Waals surface area (Å²) in [6.07, 6.45) is 0. The second kappa shape index (κ2) is 15.9. The van der Waals surface area contributed by atoms with E-state index in [1.54, 1.807) is 22.7 Å². The molecule has 0 aliphatic carbocycles. The van der Waals surface area contributed by atoms with Gasteiger partial charge in [0.05, 0.1) is 55.0 Å². The zero-order valence-electron chi connectivity index (χ0n) is 39.8. The highest BCUT2D eigenvalue weighted by Crippen LogP contribution is 2.55. The summed E-state index contributed by atoms with van der Waals surface area (Å²) < 4.78 is 16.0. The second-order valence-electron chi connectivity index (χ2n) is 19.2. The number of para-hydroxylation sites is 2. The van der Waals surface area contributed by atoms with Crippen LogP contribution in [0.3, 0.4) is 0 Å². The SMILES string of the molecule is [C-]#[N+]c1c(-c2ccccc2)c(-n2c3cc4oc5ccccc5c4cc3c3cccc(-c4ccccc4)c32)c(-c2ccccc2)c(C#N)c1-n1c2c(ccc3c4ccccc4sc32)c2ccc3c4ccccc4sc3c21. The lowest BCUT2D eigenvalue weighted by Crippen LogP contribution is -2.08. The van der Waals surface area contributed by atoms with Gasteiger partial charge in [0.25, 0.3) is 0 Å². The Kier molecular flexibility index (Phi) is 8.85. The van der Waals surface area contributed by atoms with Gasteiger partial charge in [-0.15, -0.1) is 22.7 Å². The molecule has 346 valence electrons. The van der Waals surface area contributed by atoms with Gasteiger partial charge in [-0.25, -0.2) is 4.85 Å². The van der Waals surface area contributed by atoms with Crippen LogP contribution in [0.1, 0.15) is 5.56 Å². The first-order chi connectivity index (χ1) is 37.2. The van der Waals surface area contributed by atoms with Crippen LogP contribution in [0.15, 0.2) is 223 Å². The van der Waals surface area contributed by atoms with Crippen molar-refractivity contribution in [3.8, 4) is 50.8 Å². The molecule has 0 aliphatic rings. The first kappa shape index (κ1) is 41.8. The molecule has 75 heavy (non-hydrogen) atoms. The van der Waals surface area contributed by atoms with Crippen molar-refractivity contribution in [2.75, 3.05) is 0 Å². The molecular formula is C68H36N4OS2. The van der Waals surface area contributed by atoms with E-state index in [1.807, 2.05) is 54.6 Å². The van der Waals surface area contributed by atoms with E-state index in [2.05, 4.69) is 179 Å². The molecular weight excluding hydrogens is 953 g/mol. The maximum Gasteiger partial charge on any atom is 0.221 e. The first-order valence-corrected chi connectivity index (χ1v) is 26.6. The molecule has 7 heteroatoms. The lowest BCUT2D eigenvalue weighted by molar-refractivity contribution is 0.669. The van der Waals surface area contributed by atoms with Crippen molar-refractivity contribution in [3.05, 3.63) is 235 Å². The summed E-state index contributed by atoms with van der Waals surface area (Å²) >= 11 is 3.54. The molecule has 0 amide bonds. The van der Waals surface area contributed by atoms with Gasteiger partial charge < -0.3 is 13.6 Å². The molecule has 0 bridgehead atoms. The van der Waals surface area contributed by atoms with Crippen LogP contribution in [0.2, 0.25) is 0 Å². The molecule has 5 nitrogen and oxygen atoms in total. The highest BCUT2D eigenvalue weighted by Gasteiger charge is 2.34. The maximum atomic E-state index is 12.5. The molecule has 0 fully saturated rings. The largest absolute Gasteiger partial charge is 0.456 e. The number of hydrogen-bond acceptors (Lipinski definition) is 4. The number of nitrogens with zero attached hydrogens (tertiary/aromatic N) is 4. The number of nitriles is 1. The third-order valence-corrected chi connectivity index (χ3v) is 17.8. The van der Waals surface area contributed by atoms with Crippen molar-refractivity contribution >= 4 is 134 Å². The molecule has 0 atom stereocenters. The highest BCUT2D eigenvalue weighted by atomic mass is 32.1. The standard InChI is InChI=1S/C68H36N4OS2/c1-70-61-60(41-22-9-4-10-23-41)66(71-54-37-56-52(43-24-11-14-29-55(43)73-56)36-51(54)46-28-17-27-42(62(46)71)39-18-5-2-6-19-39)59(40-20-7-3-8-21-40)53(38-69)63(61)72-64-47(32-34-49-44-25-12-15-30-57(44)74-67(49)64)48-33-35-50-45-26-13-16-31-58(45)75-68(50)65(48)72/h2-37H. The van der Waals surface area contributed by atoms with Gasteiger partial charge in [0, 0.05) is 86.0 Å². The van der Waals surface area contributed by atoms with Gasteiger partial charge in [-0.3, -0.25) is 0 Å². The molecule has 0 saturated carbocycles. The fraction of sp³-hybridized carbons (Fsp3) is 0. The molecule has 0 spiro atoms. The summed E-state index contributed by atoms with van der Waals surface area (Å²) in [7, 11) is 0. The summed E-state index contributed by atoms with van der Waals surface area (Å²) in [5.74, 6) is 0. The number of rotatable bonds is 5. The van der Waals surface area contributed by atoms with Crippen LogP contribution in [-0.2, 0) is 0 Å². The van der Waals surface area contributed by atoms with Crippen molar-refractivity contribution in [2.24, 2.45) is 0 Å². The van der Waals surface area contributed by atoms with Crippen molar-refractivity contribution in [1.82, 2.24) is 9.13 Å². The predicted molar refractivity (Wildman–Crippen MR) is 315 cm³/mol. The topological polar surface area (TPSA) is 51.1 Å². The summed E-state index contributed by atoms with van der Waals surface area (Å²) in [5.41, 5.74) is 12.8. The third kappa shape index (κ3) is 5.79. The Balaban J connectivity index is 1.18. The zero-order valence-corrected chi connectivity index (χ0v) is 41.4. The molecule has 0 N–H and O–H groups in total. The Labute approximate surface area is 436 Å². The Hall–Kier alpha value is -9.76. The molecule has 5 aromatic heterocycles. The number of fused-ring (bicyclic) bond motifs is 17. The average molecular weight is 989 g/mol. The number of thiophene rings is 2. The first-order valence-electron chi connectivity index (χ1n) is 24.9. The molecule has 16 aromatic rings. The van der Waals surface area contributed by atoms with Crippen molar-refractivity contribution in [3.63, 3.8) is 0 Å². The van der Waals surface area contributed by atoms with E-state index >= 15 is 0 Å². The zero-order chi connectivity index (χ0) is 49.5. The van der Waals surface area contributed by atoms with Crippen LogP contribution >= 0.6 is 22.7 Å². The lowest BCUT2D eigenvalue weighted by atomic mass is 9.88. The Bertz CT molecular complexity index is 4990. The van der Waals surface area contributed by atoms with Crippen molar-refractivity contribution in [2.45, 2.75) is 0 Å². The molecule has 11 aromatic carbocycles. The van der Waals surface area contributed by atoms with E-state index in [9.17, 15) is 11.8 Å². The summed E-state index contributed by atoms with van der Waals surface area (Å²) in [4.78, 5) is 4.75. The van der Waals surface area contributed by atoms with Crippen LogP contribution in [0.5, 0.6) is 0 Å². The van der Waals surface area contributed by atoms with E-state index in [0.717, 1.165) is 125 Å². The van der Waals surface area contributed by atoms with Gasteiger partial charge in [-0.1, -0.05) is 188 Å². The third-order valence-electron chi connectivity index (χ3n) is 15.4. The average Bonchev–Trinajstić information content (AvgIpc) is 4.39. The minimum atomic E-state index is 0.388. The van der Waals surface area contributed by atoms with E-state index in [1.165, 1.54) is 20.2 Å². The quantitative estimate of drug-likeness (QED) is 0.161. The lowest BCUT2D eigenvalue weighted by Gasteiger charge is -2.26. The normalized spacial score (nSPS) is 12.0. The molecule has 0 radical (unpaired) electrons. The summed E-state index contributed by atoms with van der Waals surface area (Å²) in [6.45, 7) is 9.72. The predicted octanol–water partition coefficient (Wildman–Crippen LogP) is 19.9. The Morgan fingerprint density at radius 3 is 1.55 bits per heavy atom. The Morgan fingerprint density at radius 1 is 0.413 bits per heavy atom. The molecule has 0 saturated heterocycles. The van der Waals surface area contributed by atoms with Crippen LogP contribution in [-0.4, -0.2) is 9.13 Å². The van der Waals surface area contributed by atoms with E-state index in [0.29, 0.717) is 16.9 Å². The highest BCUT2D eigenvalue weighted by molar-refractivity contribution is 7.27.